The van der Waals surface area contributed by atoms with Crippen molar-refractivity contribution in [3.8, 4) is 11.3 Å². The van der Waals surface area contributed by atoms with Crippen molar-refractivity contribution in [3.05, 3.63) is 76.5 Å². The standard InChI is InChI=1S/C21H18FN5O/c22-15-4-2-14(3-5-15)21(9-10-21)12-23-19-8-7-16(26-27-19)13-1-6-17-18(11-13)25-20(28)24-17/h1-8,11H,9-10,12H2,(H,23,27)(H2,24,25,28). The van der Waals surface area contributed by atoms with Crippen molar-refractivity contribution in [2.45, 2.75) is 18.3 Å². The van der Waals surface area contributed by atoms with E-state index in [4.69, 9.17) is 0 Å². The number of anilines is 1. The predicted octanol–water partition coefficient (Wildman–Crippen LogP) is 3.60. The SMILES string of the molecule is O=c1[nH]c2ccc(-c3ccc(NCC4(c5ccc(F)cc5)CC4)nn3)cc2[nH]1. The van der Waals surface area contributed by atoms with E-state index in [2.05, 4.69) is 25.5 Å². The Labute approximate surface area is 159 Å². The van der Waals surface area contributed by atoms with Crippen LogP contribution in [0.3, 0.4) is 0 Å². The van der Waals surface area contributed by atoms with E-state index in [1.165, 1.54) is 12.1 Å². The van der Waals surface area contributed by atoms with Gasteiger partial charge in [0.25, 0.3) is 0 Å². The smallest absolute Gasteiger partial charge is 0.323 e. The van der Waals surface area contributed by atoms with Crippen LogP contribution in [0.25, 0.3) is 22.3 Å². The second-order valence-corrected chi connectivity index (χ2v) is 7.28. The molecule has 0 unspecified atom stereocenters. The molecule has 7 heteroatoms. The van der Waals surface area contributed by atoms with E-state index in [9.17, 15) is 9.18 Å². The molecule has 1 aliphatic carbocycles. The molecule has 0 amide bonds. The monoisotopic (exact) mass is 375 g/mol. The molecule has 3 N–H and O–H groups in total. The third-order valence-corrected chi connectivity index (χ3v) is 5.39. The summed E-state index contributed by atoms with van der Waals surface area (Å²) >= 11 is 0. The lowest BCUT2D eigenvalue weighted by Gasteiger charge is -2.17. The van der Waals surface area contributed by atoms with Crippen molar-refractivity contribution in [3.63, 3.8) is 0 Å². The highest BCUT2D eigenvalue weighted by Crippen LogP contribution is 2.48. The van der Waals surface area contributed by atoms with Gasteiger partial charge in [-0.1, -0.05) is 18.2 Å². The number of nitrogens with one attached hydrogen (secondary N) is 3. The van der Waals surface area contributed by atoms with E-state index in [-0.39, 0.29) is 16.9 Å². The molecule has 1 aliphatic rings. The first-order valence-electron chi connectivity index (χ1n) is 9.17. The largest absolute Gasteiger partial charge is 0.368 e. The number of imidazole rings is 1. The second-order valence-electron chi connectivity index (χ2n) is 7.28. The van der Waals surface area contributed by atoms with Gasteiger partial charge in [0.15, 0.2) is 0 Å². The molecule has 0 radical (unpaired) electrons. The van der Waals surface area contributed by atoms with Gasteiger partial charge >= 0.3 is 5.69 Å². The Bertz CT molecular complexity index is 1190. The van der Waals surface area contributed by atoms with Crippen LogP contribution in [0.1, 0.15) is 18.4 Å². The highest BCUT2D eigenvalue weighted by molar-refractivity contribution is 5.80. The maximum Gasteiger partial charge on any atom is 0.323 e. The lowest BCUT2D eigenvalue weighted by molar-refractivity contribution is 0.624. The van der Waals surface area contributed by atoms with Gasteiger partial charge in [-0.3, -0.25) is 0 Å². The van der Waals surface area contributed by atoms with E-state index in [1.807, 2.05) is 42.5 Å². The lowest BCUT2D eigenvalue weighted by Crippen LogP contribution is -2.20. The summed E-state index contributed by atoms with van der Waals surface area (Å²) in [5.41, 5.74) is 4.09. The topological polar surface area (TPSA) is 86.5 Å². The molecular weight excluding hydrogens is 357 g/mol. The molecule has 2 heterocycles. The van der Waals surface area contributed by atoms with Crippen LogP contribution in [0, 0.1) is 5.82 Å². The Morgan fingerprint density at radius 3 is 2.46 bits per heavy atom. The average molecular weight is 375 g/mol. The van der Waals surface area contributed by atoms with Crippen molar-refractivity contribution in [1.82, 2.24) is 20.2 Å². The van der Waals surface area contributed by atoms with E-state index in [1.54, 1.807) is 0 Å². The van der Waals surface area contributed by atoms with Gasteiger partial charge in [-0.25, -0.2) is 9.18 Å². The fourth-order valence-electron chi connectivity index (χ4n) is 3.55. The van der Waals surface area contributed by atoms with E-state index < -0.39 is 0 Å². The molecule has 4 aromatic rings. The molecule has 1 saturated carbocycles. The van der Waals surface area contributed by atoms with Crippen LogP contribution in [0.2, 0.25) is 0 Å². The fourth-order valence-corrected chi connectivity index (χ4v) is 3.55. The number of aromatic amines is 2. The third kappa shape index (κ3) is 3.05. The molecule has 0 bridgehead atoms. The molecule has 0 spiro atoms. The molecule has 5 rings (SSSR count). The van der Waals surface area contributed by atoms with Crippen LogP contribution in [-0.4, -0.2) is 26.7 Å². The van der Waals surface area contributed by atoms with Crippen LogP contribution in [-0.2, 0) is 5.41 Å². The Morgan fingerprint density at radius 2 is 1.75 bits per heavy atom. The zero-order valence-corrected chi connectivity index (χ0v) is 15.0. The molecule has 2 aromatic heterocycles. The number of fused-ring (bicyclic) bond motifs is 1. The number of benzene rings is 2. The molecular formula is C21H18FN5O. The number of nitrogens with zero attached hydrogens (tertiary/aromatic N) is 2. The summed E-state index contributed by atoms with van der Waals surface area (Å²) in [5.74, 6) is 0.490. The summed E-state index contributed by atoms with van der Waals surface area (Å²) in [7, 11) is 0. The van der Waals surface area contributed by atoms with Crippen molar-refractivity contribution >= 4 is 16.9 Å². The molecule has 140 valence electrons. The number of halogens is 1. The second kappa shape index (κ2) is 6.30. The summed E-state index contributed by atoms with van der Waals surface area (Å²) in [6.45, 7) is 0.739. The number of hydrogen-bond donors (Lipinski definition) is 3. The Hall–Kier alpha value is -3.48. The zero-order valence-electron chi connectivity index (χ0n) is 15.0. The quantitative estimate of drug-likeness (QED) is 0.497. The first-order chi connectivity index (χ1) is 13.6. The molecule has 0 atom stereocenters. The molecule has 1 fully saturated rings. The Balaban J connectivity index is 1.31. The van der Waals surface area contributed by atoms with Crippen molar-refractivity contribution < 1.29 is 4.39 Å². The van der Waals surface area contributed by atoms with E-state index in [0.717, 1.165) is 47.2 Å². The predicted molar refractivity (Wildman–Crippen MR) is 106 cm³/mol. The maximum atomic E-state index is 13.2. The van der Waals surface area contributed by atoms with Gasteiger partial charge < -0.3 is 15.3 Å². The summed E-state index contributed by atoms with van der Waals surface area (Å²) in [6.07, 6.45) is 2.15. The van der Waals surface area contributed by atoms with Crippen molar-refractivity contribution in [2.75, 3.05) is 11.9 Å². The minimum atomic E-state index is -0.229. The first kappa shape index (κ1) is 16.7. The fraction of sp³-hybridized carbons (Fsp3) is 0.190. The van der Waals surface area contributed by atoms with Crippen LogP contribution in [0.15, 0.2) is 59.4 Å². The summed E-state index contributed by atoms with van der Waals surface area (Å²) < 4.78 is 13.2. The minimum Gasteiger partial charge on any atom is -0.368 e. The van der Waals surface area contributed by atoms with E-state index >= 15 is 0 Å². The number of H-pyrrole nitrogens is 2. The van der Waals surface area contributed by atoms with Crippen LogP contribution < -0.4 is 11.0 Å². The van der Waals surface area contributed by atoms with Gasteiger partial charge in [-0.05, 0) is 54.8 Å². The zero-order chi connectivity index (χ0) is 19.1. The number of hydrogen-bond acceptors (Lipinski definition) is 4. The molecule has 0 saturated heterocycles. The van der Waals surface area contributed by atoms with Gasteiger partial charge in [-0.2, -0.15) is 0 Å². The van der Waals surface area contributed by atoms with Gasteiger partial charge in [-0.15, -0.1) is 10.2 Å². The highest BCUT2D eigenvalue weighted by atomic mass is 19.1. The highest BCUT2D eigenvalue weighted by Gasteiger charge is 2.44. The first-order valence-corrected chi connectivity index (χ1v) is 9.17. The van der Waals surface area contributed by atoms with E-state index in [0.29, 0.717) is 5.82 Å². The summed E-state index contributed by atoms with van der Waals surface area (Å²) in [4.78, 5) is 16.9. The summed E-state index contributed by atoms with van der Waals surface area (Å²) in [6, 6.07) is 16.2. The molecule has 2 aromatic carbocycles. The molecule has 6 nitrogen and oxygen atoms in total. The van der Waals surface area contributed by atoms with Crippen LogP contribution >= 0.6 is 0 Å². The maximum absolute atomic E-state index is 13.2. The minimum absolute atomic E-state index is 0.0548. The summed E-state index contributed by atoms with van der Waals surface area (Å²) in [5, 5.41) is 11.9. The average Bonchev–Trinajstić information content (AvgIpc) is 3.41. The third-order valence-electron chi connectivity index (χ3n) is 5.39. The van der Waals surface area contributed by atoms with Gasteiger partial charge in [0.05, 0.1) is 16.7 Å². The Kier molecular flexibility index (Phi) is 3.75. The van der Waals surface area contributed by atoms with Crippen molar-refractivity contribution in [2.24, 2.45) is 0 Å². The number of aromatic nitrogens is 4. The van der Waals surface area contributed by atoms with Crippen LogP contribution in [0.4, 0.5) is 10.2 Å². The molecule has 28 heavy (non-hydrogen) atoms. The molecule has 0 aliphatic heterocycles. The van der Waals surface area contributed by atoms with Crippen molar-refractivity contribution in [1.29, 1.82) is 0 Å². The number of rotatable bonds is 5. The normalized spacial score (nSPS) is 14.9. The van der Waals surface area contributed by atoms with Gasteiger partial charge in [0, 0.05) is 17.5 Å². The lowest BCUT2D eigenvalue weighted by atomic mass is 9.96. The van der Waals surface area contributed by atoms with Gasteiger partial charge in [0.1, 0.15) is 11.6 Å². The van der Waals surface area contributed by atoms with Gasteiger partial charge in [0.2, 0.25) is 0 Å². The van der Waals surface area contributed by atoms with Crippen LogP contribution in [0.5, 0.6) is 0 Å². The Morgan fingerprint density at radius 1 is 0.964 bits per heavy atom.